The van der Waals surface area contributed by atoms with Crippen LogP contribution in [0.5, 0.6) is 0 Å². The van der Waals surface area contributed by atoms with Crippen molar-refractivity contribution >= 4 is 29.3 Å². The minimum atomic E-state index is -1.41. The van der Waals surface area contributed by atoms with Gasteiger partial charge >= 0.3 is 0 Å². The van der Waals surface area contributed by atoms with E-state index in [1.54, 1.807) is 18.2 Å². The summed E-state index contributed by atoms with van der Waals surface area (Å²) in [5, 5.41) is 2.18. The van der Waals surface area contributed by atoms with Crippen LogP contribution in [0.3, 0.4) is 0 Å². The van der Waals surface area contributed by atoms with Crippen molar-refractivity contribution in [1.82, 2.24) is 10.2 Å². The Morgan fingerprint density at radius 1 is 1.14 bits per heavy atom. The first kappa shape index (κ1) is 18.5. The van der Waals surface area contributed by atoms with Crippen LogP contribution in [-0.4, -0.2) is 59.9 Å². The first-order valence-corrected chi connectivity index (χ1v) is 9.33. The Balaban J connectivity index is 1.64. The van der Waals surface area contributed by atoms with E-state index in [2.05, 4.69) is 5.32 Å². The molecule has 3 aliphatic rings. The number of carbonyl (C=O) groups excluding carboxylic acids is 4. The second-order valence-electron chi connectivity index (χ2n) is 7.49. The normalized spacial score (nSPS) is 24.4. The molecule has 0 radical (unpaired) electrons. The number of amides is 4. The lowest BCUT2D eigenvalue weighted by atomic mass is 9.92. The van der Waals surface area contributed by atoms with Gasteiger partial charge in [0.15, 0.2) is 0 Å². The molecule has 0 bridgehead atoms. The molecule has 3 heterocycles. The largest absolute Gasteiger partial charge is 0.371 e. The van der Waals surface area contributed by atoms with E-state index in [0.29, 0.717) is 18.8 Å². The topological polar surface area (TPSA) is 113 Å². The maximum Gasteiger partial charge on any atom is 0.264 e. The zero-order valence-corrected chi connectivity index (χ0v) is 15.2. The summed E-state index contributed by atoms with van der Waals surface area (Å²) >= 11 is 0. The van der Waals surface area contributed by atoms with E-state index in [1.165, 1.54) is 0 Å². The molecule has 9 heteroatoms. The van der Waals surface area contributed by atoms with Crippen LogP contribution < -0.4 is 16.0 Å². The average Bonchev–Trinajstić information content (AvgIpc) is 2.94. The molecule has 0 spiro atoms. The summed E-state index contributed by atoms with van der Waals surface area (Å²) in [6, 6.07) is 3.95. The molecule has 1 aromatic rings. The molecule has 2 fully saturated rings. The number of piperidine rings is 2. The van der Waals surface area contributed by atoms with Crippen LogP contribution >= 0.6 is 0 Å². The number of imide groups is 2. The van der Waals surface area contributed by atoms with Crippen molar-refractivity contribution in [1.29, 1.82) is 0 Å². The van der Waals surface area contributed by atoms with Crippen LogP contribution in [0.15, 0.2) is 18.2 Å². The number of nitrogens with one attached hydrogen (secondary N) is 1. The van der Waals surface area contributed by atoms with Gasteiger partial charge in [0, 0.05) is 38.9 Å². The molecular weight excluding hydrogens is 367 g/mol. The third kappa shape index (κ3) is 2.86. The molecule has 4 amide bonds. The number of anilines is 1. The molecule has 3 N–H and O–H groups in total. The molecular formula is C19H21FN4O4. The Morgan fingerprint density at radius 3 is 2.50 bits per heavy atom. The fourth-order valence-corrected chi connectivity index (χ4v) is 4.11. The highest BCUT2D eigenvalue weighted by molar-refractivity contribution is 6.25. The summed E-state index contributed by atoms with van der Waals surface area (Å²) in [6.07, 6.45) is 0.662. The van der Waals surface area contributed by atoms with Crippen molar-refractivity contribution in [3.63, 3.8) is 0 Å². The van der Waals surface area contributed by atoms with Crippen molar-refractivity contribution in [3.8, 4) is 0 Å². The molecule has 0 saturated carbocycles. The molecule has 28 heavy (non-hydrogen) atoms. The molecule has 1 unspecified atom stereocenters. The van der Waals surface area contributed by atoms with Gasteiger partial charge < -0.3 is 10.6 Å². The number of hydrogen-bond acceptors (Lipinski definition) is 6. The van der Waals surface area contributed by atoms with Gasteiger partial charge in [-0.15, -0.1) is 0 Å². The smallest absolute Gasteiger partial charge is 0.264 e. The summed E-state index contributed by atoms with van der Waals surface area (Å²) in [6.45, 7) is 0.711. The summed E-state index contributed by atoms with van der Waals surface area (Å²) in [5.41, 5.74) is 5.12. The number of carbonyl (C=O) groups is 4. The number of benzene rings is 1. The third-order valence-electron chi connectivity index (χ3n) is 5.81. The van der Waals surface area contributed by atoms with Crippen LogP contribution in [0.2, 0.25) is 0 Å². The Labute approximate surface area is 160 Å². The Hall–Kier alpha value is -2.81. The monoisotopic (exact) mass is 388 g/mol. The van der Waals surface area contributed by atoms with Crippen LogP contribution in [0, 0.1) is 0 Å². The fraction of sp³-hybridized carbons (Fsp3) is 0.474. The molecule has 1 aromatic carbocycles. The molecule has 0 aromatic heterocycles. The number of rotatable bonds is 3. The second-order valence-corrected chi connectivity index (χ2v) is 7.49. The van der Waals surface area contributed by atoms with Gasteiger partial charge in [0.05, 0.1) is 16.8 Å². The fourth-order valence-electron chi connectivity index (χ4n) is 4.11. The highest BCUT2D eigenvalue weighted by Gasteiger charge is 2.46. The van der Waals surface area contributed by atoms with Crippen LogP contribution in [0.4, 0.5) is 10.1 Å². The van der Waals surface area contributed by atoms with Gasteiger partial charge in [0.2, 0.25) is 11.8 Å². The summed E-state index contributed by atoms with van der Waals surface area (Å²) in [7, 11) is 0. The SMILES string of the molecule is NCC1(F)CCN(c2cccc3c2C(=O)N(C2CCC(=O)NC2=O)C3=O)CC1. The van der Waals surface area contributed by atoms with Crippen LogP contribution in [0.25, 0.3) is 0 Å². The van der Waals surface area contributed by atoms with Gasteiger partial charge in [0.25, 0.3) is 11.8 Å². The van der Waals surface area contributed by atoms with E-state index in [0.717, 1.165) is 4.90 Å². The average molecular weight is 388 g/mol. The van der Waals surface area contributed by atoms with Gasteiger partial charge in [-0.25, -0.2) is 4.39 Å². The predicted octanol–water partition coefficient (Wildman–Crippen LogP) is 0.355. The van der Waals surface area contributed by atoms with E-state index >= 15 is 0 Å². The zero-order valence-electron chi connectivity index (χ0n) is 15.2. The lowest BCUT2D eigenvalue weighted by Gasteiger charge is -2.37. The van der Waals surface area contributed by atoms with E-state index in [-0.39, 0.29) is 43.4 Å². The molecule has 8 nitrogen and oxygen atoms in total. The molecule has 3 aliphatic heterocycles. The summed E-state index contributed by atoms with van der Waals surface area (Å²) < 4.78 is 14.4. The molecule has 2 saturated heterocycles. The number of alkyl halides is 1. The zero-order chi connectivity index (χ0) is 20.1. The molecule has 0 aliphatic carbocycles. The van der Waals surface area contributed by atoms with Gasteiger partial charge in [-0.05, 0) is 18.6 Å². The maximum atomic E-state index is 14.4. The third-order valence-corrected chi connectivity index (χ3v) is 5.81. The van der Waals surface area contributed by atoms with E-state index in [4.69, 9.17) is 5.73 Å². The Bertz CT molecular complexity index is 879. The van der Waals surface area contributed by atoms with Crippen molar-refractivity contribution in [2.45, 2.75) is 37.4 Å². The standard InChI is InChI=1S/C19H21FN4O4/c20-19(10-21)6-8-23(9-7-19)12-3-1-2-11-15(12)18(28)24(17(11)27)13-4-5-14(25)22-16(13)26/h1-3,13H,4-10,21H2,(H,22,25,26). The van der Waals surface area contributed by atoms with E-state index in [1.807, 2.05) is 4.90 Å². The van der Waals surface area contributed by atoms with Crippen molar-refractivity contribution in [2.75, 3.05) is 24.5 Å². The van der Waals surface area contributed by atoms with Crippen molar-refractivity contribution in [3.05, 3.63) is 29.3 Å². The first-order valence-electron chi connectivity index (χ1n) is 9.33. The Morgan fingerprint density at radius 2 is 1.86 bits per heavy atom. The molecule has 148 valence electrons. The van der Waals surface area contributed by atoms with Crippen LogP contribution in [0.1, 0.15) is 46.4 Å². The number of halogens is 1. The van der Waals surface area contributed by atoms with Crippen LogP contribution in [-0.2, 0) is 9.59 Å². The first-order chi connectivity index (χ1) is 13.3. The number of nitrogens with zero attached hydrogens (tertiary/aromatic N) is 2. The summed E-state index contributed by atoms with van der Waals surface area (Å²) in [4.78, 5) is 52.4. The van der Waals surface area contributed by atoms with Crippen molar-refractivity contribution in [2.24, 2.45) is 5.73 Å². The maximum absolute atomic E-state index is 14.4. The van der Waals surface area contributed by atoms with Gasteiger partial charge in [-0.2, -0.15) is 0 Å². The highest BCUT2D eigenvalue weighted by Crippen LogP contribution is 2.36. The summed E-state index contributed by atoms with van der Waals surface area (Å²) in [5.74, 6) is -2.16. The van der Waals surface area contributed by atoms with E-state index in [9.17, 15) is 23.6 Å². The van der Waals surface area contributed by atoms with Gasteiger partial charge in [0.1, 0.15) is 11.7 Å². The lowest BCUT2D eigenvalue weighted by molar-refractivity contribution is -0.136. The van der Waals surface area contributed by atoms with Gasteiger partial charge in [-0.3, -0.25) is 29.4 Å². The predicted molar refractivity (Wildman–Crippen MR) is 97.5 cm³/mol. The minimum Gasteiger partial charge on any atom is -0.371 e. The second kappa shape index (κ2) is 6.66. The number of hydrogen-bond donors (Lipinski definition) is 2. The van der Waals surface area contributed by atoms with Gasteiger partial charge in [-0.1, -0.05) is 6.07 Å². The van der Waals surface area contributed by atoms with E-state index < -0.39 is 35.3 Å². The molecule has 1 atom stereocenters. The minimum absolute atomic E-state index is 0.0472. The Kier molecular flexibility index (Phi) is 4.41. The molecule has 4 rings (SSSR count). The number of nitrogens with two attached hydrogens (primary N) is 1. The van der Waals surface area contributed by atoms with Crippen molar-refractivity contribution < 1.29 is 23.6 Å². The highest BCUT2D eigenvalue weighted by atomic mass is 19.1. The number of fused-ring (bicyclic) bond motifs is 1. The quantitative estimate of drug-likeness (QED) is 0.723. The lowest BCUT2D eigenvalue weighted by Crippen LogP contribution is -2.54.